The Hall–Kier alpha value is -2.07. The molecular weight excluding hydrogens is 252 g/mol. The van der Waals surface area contributed by atoms with E-state index in [-0.39, 0.29) is 5.43 Å². The van der Waals surface area contributed by atoms with Crippen LogP contribution in [-0.4, -0.2) is 18.2 Å². The average molecular weight is 272 g/mol. The van der Waals surface area contributed by atoms with Crippen molar-refractivity contribution in [3.8, 4) is 11.4 Å². The minimum absolute atomic E-state index is 0.0644. The van der Waals surface area contributed by atoms with Gasteiger partial charge >= 0.3 is 0 Å². The smallest absolute Gasteiger partial charge is 0.186 e. The highest BCUT2D eigenvalue weighted by atomic mass is 16.5. The van der Waals surface area contributed by atoms with E-state index in [4.69, 9.17) is 4.74 Å². The van der Waals surface area contributed by atoms with Crippen LogP contribution in [-0.2, 0) is 6.54 Å². The second kappa shape index (κ2) is 6.39. The Morgan fingerprint density at radius 2 is 2.05 bits per heavy atom. The predicted octanol–water partition coefficient (Wildman–Crippen LogP) is 2.26. The standard InChI is InChI=1S/C16H20N2O2/c1-4-17-10-13-11-18(12(2)9-15(13)19)14-7-5-6-8-16(14)20-3/h5-9,11,17H,4,10H2,1-3H3. The van der Waals surface area contributed by atoms with Crippen molar-refractivity contribution in [3.63, 3.8) is 0 Å². The summed E-state index contributed by atoms with van der Waals surface area (Å²) in [5.41, 5.74) is 2.64. The summed E-state index contributed by atoms with van der Waals surface area (Å²) in [5.74, 6) is 0.786. The number of methoxy groups -OCH3 is 1. The molecule has 0 bridgehead atoms. The van der Waals surface area contributed by atoms with Gasteiger partial charge in [-0.25, -0.2) is 0 Å². The number of pyridine rings is 1. The highest BCUT2D eigenvalue weighted by Crippen LogP contribution is 2.23. The summed E-state index contributed by atoms with van der Waals surface area (Å²) < 4.78 is 7.38. The molecule has 0 atom stereocenters. The number of aryl methyl sites for hydroxylation is 1. The van der Waals surface area contributed by atoms with Crippen molar-refractivity contribution in [2.75, 3.05) is 13.7 Å². The van der Waals surface area contributed by atoms with Crippen LogP contribution in [0.2, 0.25) is 0 Å². The quantitative estimate of drug-likeness (QED) is 0.908. The summed E-state index contributed by atoms with van der Waals surface area (Å²) in [6.45, 7) is 5.35. The van der Waals surface area contributed by atoms with Gasteiger partial charge in [0.2, 0.25) is 0 Å². The molecule has 20 heavy (non-hydrogen) atoms. The van der Waals surface area contributed by atoms with Gasteiger partial charge in [0.25, 0.3) is 0 Å². The molecule has 0 aliphatic rings. The van der Waals surface area contributed by atoms with E-state index in [0.717, 1.165) is 29.2 Å². The molecule has 0 saturated heterocycles. The van der Waals surface area contributed by atoms with Gasteiger partial charge in [0.1, 0.15) is 5.75 Å². The molecule has 0 spiro atoms. The summed E-state index contributed by atoms with van der Waals surface area (Å²) >= 11 is 0. The highest BCUT2D eigenvalue weighted by Gasteiger charge is 2.08. The molecule has 0 amide bonds. The lowest BCUT2D eigenvalue weighted by Crippen LogP contribution is -2.21. The fraction of sp³-hybridized carbons (Fsp3) is 0.312. The molecule has 0 radical (unpaired) electrons. The number of rotatable bonds is 5. The van der Waals surface area contributed by atoms with Gasteiger partial charge < -0.3 is 14.6 Å². The lowest BCUT2D eigenvalue weighted by Gasteiger charge is -2.15. The van der Waals surface area contributed by atoms with Crippen molar-refractivity contribution < 1.29 is 4.74 Å². The maximum atomic E-state index is 12.0. The molecule has 106 valence electrons. The van der Waals surface area contributed by atoms with Gasteiger partial charge in [0, 0.05) is 30.1 Å². The van der Waals surface area contributed by atoms with E-state index in [1.165, 1.54) is 0 Å². The van der Waals surface area contributed by atoms with Crippen LogP contribution < -0.4 is 15.5 Å². The number of ether oxygens (including phenoxy) is 1. The molecule has 1 aromatic carbocycles. The molecule has 1 N–H and O–H groups in total. The van der Waals surface area contributed by atoms with Crippen LogP contribution in [0.4, 0.5) is 0 Å². The van der Waals surface area contributed by atoms with E-state index < -0.39 is 0 Å². The van der Waals surface area contributed by atoms with E-state index in [0.29, 0.717) is 6.54 Å². The molecule has 0 aliphatic heterocycles. The van der Waals surface area contributed by atoms with E-state index in [1.807, 2.05) is 48.9 Å². The summed E-state index contributed by atoms with van der Waals surface area (Å²) in [6, 6.07) is 9.45. The predicted molar refractivity (Wildman–Crippen MR) is 80.7 cm³/mol. The largest absolute Gasteiger partial charge is 0.495 e. The Balaban J connectivity index is 2.53. The van der Waals surface area contributed by atoms with Gasteiger partial charge in [-0.3, -0.25) is 4.79 Å². The molecule has 1 aromatic heterocycles. The zero-order valence-electron chi connectivity index (χ0n) is 12.1. The Morgan fingerprint density at radius 1 is 1.30 bits per heavy atom. The molecule has 0 fully saturated rings. The summed E-state index contributed by atoms with van der Waals surface area (Å²) in [6.07, 6.45) is 1.89. The van der Waals surface area contributed by atoms with Crippen LogP contribution in [0.15, 0.2) is 41.3 Å². The van der Waals surface area contributed by atoms with Crippen LogP contribution >= 0.6 is 0 Å². The van der Waals surface area contributed by atoms with Crippen molar-refractivity contribution in [2.24, 2.45) is 0 Å². The molecule has 4 nitrogen and oxygen atoms in total. The third-order valence-corrected chi connectivity index (χ3v) is 3.23. The van der Waals surface area contributed by atoms with Gasteiger partial charge in [0.05, 0.1) is 12.8 Å². The average Bonchev–Trinajstić information content (AvgIpc) is 2.46. The van der Waals surface area contributed by atoms with Crippen molar-refractivity contribution in [3.05, 3.63) is 58.0 Å². The molecule has 0 aliphatic carbocycles. The van der Waals surface area contributed by atoms with Gasteiger partial charge in [-0.15, -0.1) is 0 Å². The first kappa shape index (κ1) is 14.3. The second-order valence-corrected chi connectivity index (χ2v) is 4.63. The lowest BCUT2D eigenvalue weighted by atomic mass is 10.2. The number of hydrogen-bond donors (Lipinski definition) is 1. The number of benzene rings is 1. The lowest BCUT2D eigenvalue weighted by molar-refractivity contribution is 0.412. The topological polar surface area (TPSA) is 43.3 Å². The van der Waals surface area contributed by atoms with Crippen molar-refractivity contribution in [1.82, 2.24) is 9.88 Å². The van der Waals surface area contributed by atoms with Crippen molar-refractivity contribution in [2.45, 2.75) is 20.4 Å². The summed E-state index contributed by atoms with van der Waals surface area (Å²) in [7, 11) is 1.65. The van der Waals surface area contributed by atoms with E-state index in [9.17, 15) is 4.79 Å². The van der Waals surface area contributed by atoms with Crippen LogP contribution in [0.25, 0.3) is 5.69 Å². The van der Waals surface area contributed by atoms with E-state index >= 15 is 0 Å². The second-order valence-electron chi connectivity index (χ2n) is 4.63. The molecule has 0 saturated carbocycles. The van der Waals surface area contributed by atoms with Crippen LogP contribution in [0, 0.1) is 6.92 Å². The highest BCUT2D eigenvalue weighted by molar-refractivity contribution is 5.48. The molecular formula is C16H20N2O2. The molecule has 0 unspecified atom stereocenters. The Labute approximate surface area is 119 Å². The van der Waals surface area contributed by atoms with E-state index in [1.54, 1.807) is 13.2 Å². The SMILES string of the molecule is CCNCc1cn(-c2ccccc2OC)c(C)cc1=O. The molecule has 2 aromatic rings. The zero-order chi connectivity index (χ0) is 14.5. The third kappa shape index (κ3) is 2.91. The van der Waals surface area contributed by atoms with Crippen molar-refractivity contribution in [1.29, 1.82) is 0 Å². The third-order valence-electron chi connectivity index (χ3n) is 3.23. The van der Waals surface area contributed by atoms with E-state index in [2.05, 4.69) is 5.32 Å². The fourth-order valence-corrected chi connectivity index (χ4v) is 2.15. The number of hydrogen-bond acceptors (Lipinski definition) is 3. The first-order valence-corrected chi connectivity index (χ1v) is 6.73. The minimum atomic E-state index is 0.0644. The monoisotopic (exact) mass is 272 g/mol. The maximum absolute atomic E-state index is 12.0. The van der Waals surface area contributed by atoms with Gasteiger partial charge in [-0.05, 0) is 25.6 Å². The van der Waals surface area contributed by atoms with Crippen LogP contribution in [0.5, 0.6) is 5.75 Å². The van der Waals surface area contributed by atoms with Crippen LogP contribution in [0.3, 0.4) is 0 Å². The maximum Gasteiger partial charge on any atom is 0.186 e. The first-order valence-electron chi connectivity index (χ1n) is 6.73. The minimum Gasteiger partial charge on any atom is -0.495 e. The Bertz CT molecular complexity index is 647. The normalized spacial score (nSPS) is 10.6. The molecule has 4 heteroatoms. The fourth-order valence-electron chi connectivity index (χ4n) is 2.15. The molecule has 1 heterocycles. The number of para-hydroxylation sites is 2. The number of nitrogens with one attached hydrogen (secondary N) is 1. The number of nitrogens with zero attached hydrogens (tertiary/aromatic N) is 1. The van der Waals surface area contributed by atoms with Gasteiger partial charge in [-0.1, -0.05) is 19.1 Å². The van der Waals surface area contributed by atoms with Crippen molar-refractivity contribution >= 4 is 0 Å². The zero-order valence-corrected chi connectivity index (χ0v) is 12.1. The number of aromatic nitrogens is 1. The van der Waals surface area contributed by atoms with Gasteiger partial charge in [-0.2, -0.15) is 0 Å². The first-order chi connectivity index (χ1) is 9.67. The summed E-state index contributed by atoms with van der Waals surface area (Å²) in [4.78, 5) is 12.0. The summed E-state index contributed by atoms with van der Waals surface area (Å²) in [5, 5.41) is 3.19. The Kier molecular flexibility index (Phi) is 4.58. The Morgan fingerprint density at radius 3 is 2.75 bits per heavy atom. The molecule has 2 rings (SSSR count). The van der Waals surface area contributed by atoms with Gasteiger partial charge in [0.15, 0.2) is 5.43 Å². The van der Waals surface area contributed by atoms with Crippen LogP contribution in [0.1, 0.15) is 18.2 Å².